The Labute approximate surface area is 408 Å². The van der Waals surface area contributed by atoms with Gasteiger partial charge in [0.25, 0.3) is 0 Å². The summed E-state index contributed by atoms with van der Waals surface area (Å²) in [5.41, 5.74) is -3.29. The molecule has 2 saturated heterocycles. The van der Waals surface area contributed by atoms with Gasteiger partial charge in [-0.15, -0.1) is 0 Å². The molecule has 2 atom stereocenters. The van der Waals surface area contributed by atoms with Crippen molar-refractivity contribution in [1.29, 1.82) is 0 Å². The summed E-state index contributed by atoms with van der Waals surface area (Å²) in [6.07, 6.45) is 9.06. The zero-order valence-corrected chi connectivity index (χ0v) is 43.5. The molecule has 0 bridgehead atoms. The topological polar surface area (TPSA) is 89.0 Å². The highest BCUT2D eigenvalue weighted by Gasteiger charge is 2.59. The SMILES string of the molecule is CC1(C)CC(B2OC(C)(C)C(C)(C)O2)CC1(C)C.[C-]#[N+]CC1(c2ccc(Cl)cc2)CC=C(B2OC(C)(C)C(C)(C)O2)CC1.[C-]#[N+]CC1(c2ccc(Cl)cc2)CC=C(OS(=O)(=O)C(F)(F)F)CC1. The lowest BCUT2D eigenvalue weighted by atomic mass is 9.63. The van der Waals surface area contributed by atoms with Crippen LogP contribution in [-0.4, -0.2) is 63.7 Å². The molecule has 2 heterocycles. The van der Waals surface area contributed by atoms with Crippen LogP contribution in [0.15, 0.2) is 71.9 Å². The van der Waals surface area contributed by atoms with Crippen LogP contribution in [-0.2, 0) is 43.7 Å². The molecule has 7 rings (SSSR count). The fraction of sp³-hybridized carbons (Fsp3) is 0.640. The second-order valence-electron chi connectivity index (χ2n) is 22.2. The van der Waals surface area contributed by atoms with Gasteiger partial charge in [0.2, 0.25) is 13.1 Å². The van der Waals surface area contributed by atoms with E-state index in [0.29, 0.717) is 34.6 Å². The molecule has 17 heteroatoms. The summed E-state index contributed by atoms with van der Waals surface area (Å²) in [6.45, 7) is 41.5. The minimum atomic E-state index is -5.66. The Hall–Kier alpha value is -3.01. The zero-order chi connectivity index (χ0) is 50.3. The van der Waals surface area contributed by atoms with Gasteiger partial charge in [-0.25, -0.2) is 13.1 Å². The van der Waals surface area contributed by atoms with Gasteiger partial charge in [-0.1, -0.05) is 81.2 Å². The molecular formula is C50H67B2Cl2F3N2O7S. The molecule has 366 valence electrons. The predicted octanol–water partition coefficient (Wildman–Crippen LogP) is 14.0. The second kappa shape index (κ2) is 19.6. The maximum absolute atomic E-state index is 12.4. The average molecular weight is 990 g/mol. The molecule has 9 nitrogen and oxygen atoms in total. The second-order valence-corrected chi connectivity index (χ2v) is 24.6. The molecule has 0 aromatic heterocycles. The molecule has 67 heavy (non-hydrogen) atoms. The van der Waals surface area contributed by atoms with Crippen molar-refractivity contribution in [2.24, 2.45) is 10.8 Å². The van der Waals surface area contributed by atoms with Crippen LogP contribution in [0.25, 0.3) is 9.69 Å². The van der Waals surface area contributed by atoms with Gasteiger partial charge in [0.05, 0.1) is 33.2 Å². The Morgan fingerprint density at radius 3 is 1.39 bits per heavy atom. The highest BCUT2D eigenvalue weighted by atomic mass is 35.5. The first-order valence-electron chi connectivity index (χ1n) is 23.0. The fourth-order valence-electron chi connectivity index (χ4n) is 9.38. The molecule has 0 amide bonds. The molecule has 0 spiro atoms. The summed E-state index contributed by atoms with van der Waals surface area (Å²) in [6, 6.07) is 14.8. The molecule has 2 unspecified atom stereocenters. The summed E-state index contributed by atoms with van der Waals surface area (Å²) in [5.74, 6) is 0.276. The quantitative estimate of drug-likeness (QED) is 0.113. The summed E-state index contributed by atoms with van der Waals surface area (Å²) < 4.78 is 88.2. The Kier molecular flexibility index (Phi) is 16.1. The van der Waals surface area contributed by atoms with Crippen LogP contribution in [0.2, 0.25) is 15.9 Å². The van der Waals surface area contributed by atoms with Gasteiger partial charge < -0.3 is 32.5 Å². The summed E-state index contributed by atoms with van der Waals surface area (Å²) in [7, 11) is -5.97. The lowest BCUT2D eigenvalue weighted by Gasteiger charge is -2.34. The number of halogens is 5. The third kappa shape index (κ3) is 12.0. The van der Waals surface area contributed by atoms with E-state index >= 15 is 0 Å². The van der Waals surface area contributed by atoms with Gasteiger partial charge in [-0.05, 0) is 164 Å². The van der Waals surface area contributed by atoms with Crippen molar-refractivity contribution in [2.45, 2.75) is 179 Å². The van der Waals surface area contributed by atoms with Crippen molar-refractivity contribution < 1.29 is 44.4 Å². The van der Waals surface area contributed by atoms with Crippen LogP contribution >= 0.6 is 23.2 Å². The van der Waals surface area contributed by atoms with Crippen molar-refractivity contribution in [3.05, 3.63) is 116 Å². The van der Waals surface area contributed by atoms with E-state index in [0.717, 1.165) is 29.8 Å². The molecular weight excluding hydrogens is 922 g/mol. The van der Waals surface area contributed by atoms with Crippen LogP contribution in [0.5, 0.6) is 0 Å². The number of nitrogens with zero attached hydrogens (tertiary/aromatic N) is 2. The molecule has 2 aromatic rings. The normalized spacial score (nSPS) is 27.0. The lowest BCUT2D eigenvalue weighted by molar-refractivity contribution is -0.0524. The van der Waals surface area contributed by atoms with E-state index in [1.165, 1.54) is 30.0 Å². The fourth-order valence-corrected chi connectivity index (χ4v) is 10.2. The molecule has 3 fully saturated rings. The summed E-state index contributed by atoms with van der Waals surface area (Å²) >= 11 is 11.9. The minimum Gasteiger partial charge on any atom is -0.403 e. The predicted molar refractivity (Wildman–Crippen MR) is 262 cm³/mol. The third-order valence-corrected chi connectivity index (χ3v) is 17.5. The van der Waals surface area contributed by atoms with Gasteiger partial charge in [-0.3, -0.25) is 0 Å². The van der Waals surface area contributed by atoms with E-state index in [9.17, 15) is 21.6 Å². The van der Waals surface area contributed by atoms with Gasteiger partial charge in [0.1, 0.15) is 5.76 Å². The van der Waals surface area contributed by atoms with Gasteiger partial charge in [0, 0.05) is 16.5 Å². The van der Waals surface area contributed by atoms with Crippen LogP contribution in [0.1, 0.15) is 146 Å². The molecule has 2 aromatic carbocycles. The van der Waals surface area contributed by atoms with E-state index < -0.39 is 21.0 Å². The van der Waals surface area contributed by atoms with E-state index in [1.807, 2.05) is 12.1 Å². The summed E-state index contributed by atoms with van der Waals surface area (Å²) in [5, 5.41) is 1.26. The monoisotopic (exact) mass is 988 g/mol. The first kappa shape index (κ1) is 54.9. The van der Waals surface area contributed by atoms with E-state index in [-0.39, 0.29) is 67.2 Å². The first-order chi connectivity index (χ1) is 30.7. The van der Waals surface area contributed by atoms with Crippen molar-refractivity contribution in [3.63, 3.8) is 0 Å². The smallest absolute Gasteiger partial charge is 0.403 e. The van der Waals surface area contributed by atoms with Crippen molar-refractivity contribution in [3.8, 4) is 0 Å². The molecule has 5 aliphatic rings. The number of rotatable bonds is 8. The van der Waals surface area contributed by atoms with E-state index in [1.54, 1.807) is 24.3 Å². The summed E-state index contributed by atoms with van der Waals surface area (Å²) in [4.78, 5) is 7.14. The Morgan fingerprint density at radius 1 is 0.657 bits per heavy atom. The average Bonchev–Trinajstić information content (AvgIpc) is 3.69. The molecule has 2 aliphatic heterocycles. The lowest BCUT2D eigenvalue weighted by Crippen LogP contribution is -2.41. The van der Waals surface area contributed by atoms with Gasteiger partial charge in [0.15, 0.2) is 0 Å². The van der Waals surface area contributed by atoms with Crippen molar-refractivity contribution in [1.82, 2.24) is 0 Å². The van der Waals surface area contributed by atoms with Crippen LogP contribution < -0.4 is 0 Å². The highest BCUT2D eigenvalue weighted by Crippen LogP contribution is 2.59. The minimum absolute atomic E-state index is 0.00649. The number of allylic oxidation sites excluding steroid dienone is 4. The number of hydrogen-bond donors (Lipinski definition) is 0. The maximum Gasteiger partial charge on any atom is 0.534 e. The van der Waals surface area contributed by atoms with Crippen molar-refractivity contribution >= 4 is 47.6 Å². The Bertz CT molecular complexity index is 2280. The molecule has 1 saturated carbocycles. The Morgan fingerprint density at radius 2 is 1.04 bits per heavy atom. The zero-order valence-electron chi connectivity index (χ0n) is 41.1. The number of hydrogen-bond acceptors (Lipinski definition) is 7. The maximum atomic E-state index is 12.4. The number of alkyl halides is 3. The molecule has 3 aliphatic carbocycles. The molecule has 0 N–H and O–H groups in total. The van der Waals surface area contributed by atoms with Gasteiger partial charge >= 0.3 is 29.9 Å². The Balaban J connectivity index is 0.000000191. The first-order valence-corrected chi connectivity index (χ1v) is 25.1. The van der Waals surface area contributed by atoms with Crippen LogP contribution in [0, 0.1) is 24.0 Å². The standard InChI is InChI=1S/C20H25BClNO2.C15H29BO2.C15H13ClF3NO3S/c1-18(2)19(3,4)25-21(24-18)16-10-12-20(13-11-16,14-23-5)15-6-8-17(22)9-7-15;1-12(2)9-11(10-13(12,3)4)16-17-14(5,6)15(7,8)18-16;1-20-10-14(11-2-4-12(16)5-3-11)8-6-13(7-9-14)23-24(21,22)15(17,18)19/h6-10H,11-14H2,1-4H3;11H,9-10H2,1-8H3;2-6H,7-10H2. The van der Waals surface area contributed by atoms with E-state index in [2.05, 4.69) is 115 Å². The van der Waals surface area contributed by atoms with Crippen molar-refractivity contribution in [2.75, 3.05) is 13.1 Å². The van der Waals surface area contributed by atoms with Crippen LogP contribution in [0.3, 0.4) is 0 Å². The van der Waals surface area contributed by atoms with E-state index in [4.69, 9.17) is 55.0 Å². The highest BCUT2D eigenvalue weighted by molar-refractivity contribution is 7.87. The molecule has 0 radical (unpaired) electrons. The third-order valence-electron chi connectivity index (χ3n) is 16.0. The number of benzene rings is 2. The largest absolute Gasteiger partial charge is 0.534 e. The van der Waals surface area contributed by atoms with Gasteiger partial charge in [-0.2, -0.15) is 21.6 Å². The van der Waals surface area contributed by atoms with Crippen LogP contribution in [0.4, 0.5) is 13.2 Å².